The second-order valence-electron chi connectivity index (χ2n) is 2.97. The van der Waals surface area contributed by atoms with E-state index in [0.29, 0.717) is 16.9 Å². The molecule has 0 bridgehead atoms. The number of fused-ring (bicyclic) bond motifs is 1. The smallest absolute Gasteiger partial charge is 0.410 e. The first-order valence-corrected chi connectivity index (χ1v) is 4.11. The first-order chi connectivity index (χ1) is 6.70. The molecule has 5 heteroatoms. The number of amides is 1. The maximum absolute atomic E-state index is 10.8. The highest BCUT2D eigenvalue weighted by Gasteiger charge is 2.23. The van der Waals surface area contributed by atoms with Crippen molar-refractivity contribution in [3.8, 4) is 5.75 Å². The number of hydrogen-bond acceptors (Lipinski definition) is 4. The molecule has 1 heterocycles. The standard InChI is InChI=1S/C9H9NO4/c11-4-5-1-2-7-6(3-5)8(12)10-9(13)14-7/h1-3,8,11-12H,4H2,(H,10,13). The van der Waals surface area contributed by atoms with Crippen molar-refractivity contribution < 1.29 is 19.7 Å². The van der Waals surface area contributed by atoms with E-state index in [1.165, 1.54) is 0 Å². The van der Waals surface area contributed by atoms with Crippen LogP contribution >= 0.6 is 0 Å². The average Bonchev–Trinajstić information content (AvgIpc) is 2.17. The lowest BCUT2D eigenvalue weighted by atomic mass is 10.1. The van der Waals surface area contributed by atoms with Gasteiger partial charge < -0.3 is 14.9 Å². The Balaban J connectivity index is 2.44. The molecule has 5 nitrogen and oxygen atoms in total. The Morgan fingerprint density at radius 2 is 2.29 bits per heavy atom. The minimum absolute atomic E-state index is 0.117. The van der Waals surface area contributed by atoms with Crippen molar-refractivity contribution in [2.75, 3.05) is 0 Å². The lowest BCUT2D eigenvalue weighted by molar-refractivity contribution is 0.108. The van der Waals surface area contributed by atoms with Crippen molar-refractivity contribution in [1.29, 1.82) is 0 Å². The molecule has 0 aromatic heterocycles. The van der Waals surface area contributed by atoms with E-state index >= 15 is 0 Å². The van der Waals surface area contributed by atoms with Crippen molar-refractivity contribution in [2.45, 2.75) is 12.8 Å². The van der Waals surface area contributed by atoms with E-state index in [1.54, 1.807) is 18.2 Å². The van der Waals surface area contributed by atoms with Crippen LogP contribution in [0.15, 0.2) is 18.2 Å². The monoisotopic (exact) mass is 195 g/mol. The molecule has 1 amide bonds. The van der Waals surface area contributed by atoms with Crippen LogP contribution in [0.5, 0.6) is 5.75 Å². The molecule has 1 atom stereocenters. The van der Waals surface area contributed by atoms with Crippen LogP contribution in [0.1, 0.15) is 17.4 Å². The first-order valence-electron chi connectivity index (χ1n) is 4.11. The molecule has 74 valence electrons. The Morgan fingerprint density at radius 3 is 3.00 bits per heavy atom. The summed E-state index contributed by atoms with van der Waals surface area (Å²) in [4.78, 5) is 10.8. The largest absolute Gasteiger partial charge is 0.414 e. The van der Waals surface area contributed by atoms with Crippen LogP contribution in [0.4, 0.5) is 4.79 Å². The van der Waals surface area contributed by atoms with Gasteiger partial charge in [0.1, 0.15) is 5.75 Å². The molecular weight excluding hydrogens is 186 g/mol. The fourth-order valence-electron chi connectivity index (χ4n) is 1.32. The number of carbonyl (C=O) groups is 1. The number of hydrogen-bond donors (Lipinski definition) is 3. The van der Waals surface area contributed by atoms with Gasteiger partial charge in [-0.15, -0.1) is 0 Å². The van der Waals surface area contributed by atoms with E-state index in [4.69, 9.17) is 9.84 Å². The molecule has 0 spiro atoms. The third-order valence-electron chi connectivity index (χ3n) is 2.01. The highest BCUT2D eigenvalue weighted by Crippen LogP contribution is 2.28. The summed E-state index contributed by atoms with van der Waals surface area (Å²) in [5.74, 6) is 0.318. The van der Waals surface area contributed by atoms with E-state index in [2.05, 4.69) is 5.32 Å². The number of rotatable bonds is 1. The molecule has 14 heavy (non-hydrogen) atoms. The van der Waals surface area contributed by atoms with Crippen LogP contribution in [0.2, 0.25) is 0 Å². The van der Waals surface area contributed by atoms with Gasteiger partial charge in [-0.05, 0) is 17.7 Å². The summed E-state index contributed by atoms with van der Waals surface area (Å²) >= 11 is 0. The molecule has 1 unspecified atom stereocenters. The van der Waals surface area contributed by atoms with Gasteiger partial charge in [-0.3, -0.25) is 5.32 Å². The van der Waals surface area contributed by atoms with Gasteiger partial charge in [-0.2, -0.15) is 0 Å². The third-order valence-corrected chi connectivity index (χ3v) is 2.01. The predicted molar refractivity (Wildman–Crippen MR) is 46.5 cm³/mol. The Morgan fingerprint density at radius 1 is 1.50 bits per heavy atom. The fraction of sp³-hybridized carbons (Fsp3) is 0.222. The quantitative estimate of drug-likeness (QED) is 0.601. The van der Waals surface area contributed by atoms with Gasteiger partial charge in [0, 0.05) is 5.56 Å². The van der Waals surface area contributed by atoms with Crippen LogP contribution in [-0.4, -0.2) is 16.3 Å². The highest BCUT2D eigenvalue weighted by atomic mass is 16.6. The molecule has 1 aromatic rings. The Labute approximate surface area is 79.9 Å². The summed E-state index contributed by atoms with van der Waals surface area (Å²) in [5.41, 5.74) is 1.11. The van der Waals surface area contributed by atoms with Gasteiger partial charge >= 0.3 is 6.09 Å². The van der Waals surface area contributed by atoms with E-state index in [1.807, 2.05) is 0 Å². The van der Waals surface area contributed by atoms with Crippen molar-refractivity contribution in [2.24, 2.45) is 0 Å². The zero-order valence-corrected chi connectivity index (χ0v) is 7.23. The van der Waals surface area contributed by atoms with Crippen LogP contribution < -0.4 is 10.1 Å². The SMILES string of the molecule is O=C1NC(O)c2cc(CO)ccc2O1. The number of aliphatic hydroxyl groups is 2. The van der Waals surface area contributed by atoms with Crippen molar-refractivity contribution in [3.63, 3.8) is 0 Å². The summed E-state index contributed by atoms with van der Waals surface area (Å²) < 4.78 is 4.81. The summed E-state index contributed by atoms with van der Waals surface area (Å²) in [6, 6.07) is 4.76. The molecule has 3 N–H and O–H groups in total. The predicted octanol–water partition coefficient (Wildman–Crippen LogP) is 0.272. The normalized spacial score (nSPS) is 19.6. The molecule has 2 rings (SSSR count). The second-order valence-corrected chi connectivity index (χ2v) is 2.97. The van der Waals surface area contributed by atoms with Crippen LogP contribution in [0.3, 0.4) is 0 Å². The van der Waals surface area contributed by atoms with Crippen molar-refractivity contribution in [3.05, 3.63) is 29.3 Å². The number of ether oxygens (including phenoxy) is 1. The third kappa shape index (κ3) is 1.43. The van der Waals surface area contributed by atoms with Gasteiger partial charge in [0.2, 0.25) is 0 Å². The summed E-state index contributed by atoms with van der Waals surface area (Å²) in [6.07, 6.45) is -1.75. The molecular formula is C9H9NO4. The fourth-order valence-corrected chi connectivity index (χ4v) is 1.32. The zero-order chi connectivity index (χ0) is 10.1. The van der Waals surface area contributed by atoms with Crippen LogP contribution in [0, 0.1) is 0 Å². The highest BCUT2D eigenvalue weighted by molar-refractivity contribution is 5.73. The second kappa shape index (κ2) is 3.28. The number of aliphatic hydroxyl groups excluding tert-OH is 2. The molecule has 0 fully saturated rings. The number of benzene rings is 1. The van der Waals surface area contributed by atoms with E-state index in [0.717, 1.165) is 0 Å². The summed E-state index contributed by atoms with van der Waals surface area (Å²) in [5, 5.41) is 20.5. The zero-order valence-electron chi connectivity index (χ0n) is 7.23. The maximum atomic E-state index is 10.8. The number of carbonyl (C=O) groups excluding carboxylic acids is 1. The Bertz CT molecular complexity index is 377. The van der Waals surface area contributed by atoms with E-state index in [9.17, 15) is 9.90 Å². The first kappa shape index (κ1) is 8.98. The van der Waals surface area contributed by atoms with Crippen molar-refractivity contribution >= 4 is 6.09 Å². The molecule has 1 aliphatic heterocycles. The lowest BCUT2D eigenvalue weighted by Gasteiger charge is -2.22. The summed E-state index contributed by atoms with van der Waals surface area (Å²) in [6.45, 7) is -0.117. The minimum Gasteiger partial charge on any atom is -0.410 e. The molecule has 0 radical (unpaired) electrons. The topological polar surface area (TPSA) is 78.8 Å². The lowest BCUT2D eigenvalue weighted by Crippen LogP contribution is -2.35. The van der Waals surface area contributed by atoms with E-state index in [-0.39, 0.29) is 6.61 Å². The van der Waals surface area contributed by atoms with Gasteiger partial charge in [0.15, 0.2) is 6.23 Å². The molecule has 0 saturated heterocycles. The average molecular weight is 195 g/mol. The maximum Gasteiger partial charge on any atom is 0.414 e. The van der Waals surface area contributed by atoms with Crippen LogP contribution in [0.25, 0.3) is 0 Å². The summed E-state index contributed by atoms with van der Waals surface area (Å²) in [7, 11) is 0. The number of nitrogens with one attached hydrogen (secondary N) is 1. The van der Waals surface area contributed by atoms with Gasteiger partial charge in [0.05, 0.1) is 6.61 Å². The molecule has 0 saturated carbocycles. The molecule has 0 aliphatic carbocycles. The minimum atomic E-state index is -1.07. The molecule has 1 aliphatic rings. The van der Waals surface area contributed by atoms with Gasteiger partial charge in [0.25, 0.3) is 0 Å². The van der Waals surface area contributed by atoms with E-state index < -0.39 is 12.3 Å². The van der Waals surface area contributed by atoms with Crippen molar-refractivity contribution in [1.82, 2.24) is 5.32 Å². The van der Waals surface area contributed by atoms with Crippen LogP contribution in [-0.2, 0) is 6.61 Å². The molecule has 1 aromatic carbocycles. The Hall–Kier alpha value is -1.59. The Kier molecular flexibility index (Phi) is 2.11. The van der Waals surface area contributed by atoms with Gasteiger partial charge in [-0.25, -0.2) is 4.79 Å². The van der Waals surface area contributed by atoms with Gasteiger partial charge in [-0.1, -0.05) is 6.07 Å².